The van der Waals surface area contributed by atoms with Crippen molar-refractivity contribution in [3.05, 3.63) is 53.6 Å². The van der Waals surface area contributed by atoms with E-state index in [1.165, 1.54) is 0 Å². The van der Waals surface area contributed by atoms with Crippen LogP contribution < -0.4 is 10.6 Å². The lowest BCUT2D eigenvalue weighted by Crippen LogP contribution is -2.12. The second-order valence-electron chi connectivity index (χ2n) is 5.43. The molecule has 0 saturated carbocycles. The fourth-order valence-corrected chi connectivity index (χ4v) is 2.61. The van der Waals surface area contributed by atoms with E-state index in [2.05, 4.69) is 10.6 Å². The van der Waals surface area contributed by atoms with E-state index in [0.717, 1.165) is 34.4 Å². The maximum atomic E-state index is 11.6. The van der Waals surface area contributed by atoms with Gasteiger partial charge in [-0.1, -0.05) is 25.1 Å². The van der Waals surface area contributed by atoms with Gasteiger partial charge in [-0.3, -0.25) is 9.59 Å². The van der Waals surface area contributed by atoms with Crippen molar-refractivity contribution in [3.63, 3.8) is 0 Å². The third-order valence-corrected chi connectivity index (χ3v) is 3.77. The van der Waals surface area contributed by atoms with E-state index in [4.69, 9.17) is 0 Å². The number of hydrogen-bond donors (Lipinski definition) is 2. The summed E-state index contributed by atoms with van der Waals surface area (Å²) in [7, 11) is 0. The number of benzene rings is 2. The Bertz CT molecular complexity index is 720. The first-order valence-electron chi connectivity index (χ1n) is 7.49. The van der Waals surface area contributed by atoms with Crippen LogP contribution >= 0.6 is 0 Å². The van der Waals surface area contributed by atoms with Crippen molar-refractivity contribution in [1.82, 2.24) is 5.32 Å². The maximum Gasteiger partial charge on any atom is 0.251 e. The second-order valence-corrected chi connectivity index (χ2v) is 5.43. The summed E-state index contributed by atoms with van der Waals surface area (Å²) in [5.74, 6) is 0.0351. The molecule has 2 amide bonds. The van der Waals surface area contributed by atoms with Crippen molar-refractivity contribution >= 4 is 17.5 Å². The molecule has 3 rings (SSSR count). The molecule has 0 unspecified atom stereocenters. The molecule has 112 valence electrons. The van der Waals surface area contributed by atoms with Crippen LogP contribution in [0.1, 0.15) is 35.7 Å². The van der Waals surface area contributed by atoms with E-state index >= 15 is 0 Å². The first kappa shape index (κ1) is 14.3. The molecule has 4 nitrogen and oxygen atoms in total. The highest BCUT2D eigenvalue weighted by Gasteiger charge is 2.18. The quantitative estimate of drug-likeness (QED) is 0.908. The molecular formula is C18H18N2O2. The second kappa shape index (κ2) is 6.02. The fourth-order valence-electron chi connectivity index (χ4n) is 2.61. The molecule has 0 atom stereocenters. The summed E-state index contributed by atoms with van der Waals surface area (Å²) < 4.78 is 0. The largest absolute Gasteiger partial charge is 0.348 e. The highest BCUT2D eigenvalue weighted by molar-refractivity contribution is 5.99. The van der Waals surface area contributed by atoms with E-state index in [0.29, 0.717) is 13.0 Å². The summed E-state index contributed by atoms with van der Waals surface area (Å²) in [6.45, 7) is 2.57. The summed E-state index contributed by atoms with van der Waals surface area (Å²) in [5.41, 5.74) is 4.73. The predicted octanol–water partition coefficient (Wildman–Crippen LogP) is 3.34. The number of fused-ring (bicyclic) bond motifs is 1. The summed E-state index contributed by atoms with van der Waals surface area (Å²) in [6.07, 6.45) is 1.37. The number of hydrogen-bond acceptors (Lipinski definition) is 2. The minimum atomic E-state index is -0.00413. The van der Waals surface area contributed by atoms with Gasteiger partial charge in [-0.25, -0.2) is 0 Å². The first-order valence-corrected chi connectivity index (χ1v) is 7.49. The maximum absolute atomic E-state index is 11.6. The average molecular weight is 294 g/mol. The van der Waals surface area contributed by atoms with E-state index in [-0.39, 0.29) is 11.8 Å². The van der Waals surface area contributed by atoms with Crippen molar-refractivity contribution in [2.24, 2.45) is 0 Å². The molecule has 2 N–H and O–H groups in total. The number of nitrogens with one attached hydrogen (secondary N) is 2. The number of rotatable bonds is 4. The van der Waals surface area contributed by atoms with E-state index in [9.17, 15) is 9.59 Å². The Balaban J connectivity index is 1.78. The third-order valence-electron chi connectivity index (χ3n) is 3.77. The molecule has 0 aromatic heterocycles. The summed E-state index contributed by atoms with van der Waals surface area (Å²) >= 11 is 0. The zero-order valence-corrected chi connectivity index (χ0v) is 12.5. The van der Waals surface area contributed by atoms with Crippen LogP contribution in [0.3, 0.4) is 0 Å². The third kappa shape index (κ3) is 2.86. The van der Waals surface area contributed by atoms with Crippen LogP contribution in [0.25, 0.3) is 11.1 Å². The Labute approximate surface area is 129 Å². The van der Waals surface area contributed by atoms with Crippen molar-refractivity contribution in [3.8, 4) is 11.1 Å². The average Bonchev–Trinajstić information content (AvgIpc) is 2.89. The Hall–Kier alpha value is -2.62. The van der Waals surface area contributed by atoms with Crippen molar-refractivity contribution < 1.29 is 9.59 Å². The van der Waals surface area contributed by atoms with Gasteiger partial charge < -0.3 is 10.6 Å². The number of carbonyl (C=O) groups is 2. The molecule has 0 fully saturated rings. The fraction of sp³-hybridized carbons (Fsp3) is 0.222. The Kier molecular flexibility index (Phi) is 3.92. The molecule has 0 aliphatic carbocycles. The Morgan fingerprint density at radius 2 is 1.86 bits per heavy atom. The van der Waals surface area contributed by atoms with Gasteiger partial charge in [-0.05, 0) is 47.4 Å². The smallest absolute Gasteiger partial charge is 0.251 e. The lowest BCUT2D eigenvalue weighted by Gasteiger charge is -2.07. The molecule has 2 aromatic rings. The normalized spacial score (nSPS) is 12.7. The van der Waals surface area contributed by atoms with E-state index in [1.54, 1.807) is 0 Å². The van der Waals surface area contributed by atoms with Gasteiger partial charge in [0.15, 0.2) is 0 Å². The summed E-state index contributed by atoms with van der Waals surface area (Å²) in [6, 6.07) is 13.6. The van der Waals surface area contributed by atoms with Crippen LogP contribution in [0.2, 0.25) is 0 Å². The van der Waals surface area contributed by atoms with Gasteiger partial charge in [0.2, 0.25) is 5.91 Å². The van der Waals surface area contributed by atoms with Crippen LogP contribution in [0.4, 0.5) is 5.69 Å². The molecule has 2 aromatic carbocycles. The van der Waals surface area contributed by atoms with Gasteiger partial charge in [0.05, 0.1) is 0 Å². The highest BCUT2D eigenvalue weighted by Crippen LogP contribution is 2.26. The number of carbonyl (C=O) groups excluding carboxylic acids is 2. The highest BCUT2D eigenvalue weighted by atomic mass is 16.2. The zero-order valence-electron chi connectivity index (χ0n) is 12.5. The van der Waals surface area contributed by atoms with Gasteiger partial charge in [0, 0.05) is 24.2 Å². The van der Waals surface area contributed by atoms with E-state index < -0.39 is 0 Å². The summed E-state index contributed by atoms with van der Waals surface area (Å²) in [4.78, 5) is 23.1. The van der Waals surface area contributed by atoms with Crippen LogP contribution in [0.15, 0.2) is 42.5 Å². The van der Waals surface area contributed by atoms with Gasteiger partial charge in [-0.2, -0.15) is 0 Å². The van der Waals surface area contributed by atoms with Gasteiger partial charge >= 0.3 is 0 Å². The van der Waals surface area contributed by atoms with Gasteiger partial charge in [0.25, 0.3) is 5.91 Å². The summed E-state index contributed by atoms with van der Waals surface area (Å²) in [5, 5.41) is 5.70. The van der Waals surface area contributed by atoms with Crippen molar-refractivity contribution in [2.45, 2.75) is 26.3 Å². The predicted molar refractivity (Wildman–Crippen MR) is 86.6 cm³/mol. The monoisotopic (exact) mass is 294 g/mol. The minimum absolute atomic E-state index is 0.00413. The van der Waals surface area contributed by atoms with Crippen molar-refractivity contribution in [2.75, 3.05) is 5.32 Å². The molecule has 0 saturated heterocycles. The molecular weight excluding hydrogens is 276 g/mol. The SMILES string of the molecule is CCCC(=O)Nc1ccc(-c2ccc3c(c2)CNC3=O)cc1. The molecule has 0 radical (unpaired) electrons. The van der Waals surface area contributed by atoms with Crippen LogP contribution in [0.5, 0.6) is 0 Å². The molecule has 0 spiro atoms. The molecule has 1 aliphatic rings. The molecule has 4 heteroatoms. The molecule has 1 aliphatic heterocycles. The van der Waals surface area contributed by atoms with Crippen LogP contribution in [-0.4, -0.2) is 11.8 Å². The molecule has 0 bridgehead atoms. The zero-order chi connectivity index (χ0) is 15.5. The minimum Gasteiger partial charge on any atom is -0.348 e. The van der Waals surface area contributed by atoms with E-state index in [1.807, 2.05) is 49.4 Å². The number of anilines is 1. The number of amides is 2. The topological polar surface area (TPSA) is 58.2 Å². The molecule has 1 heterocycles. The lowest BCUT2D eigenvalue weighted by atomic mass is 10.0. The van der Waals surface area contributed by atoms with Gasteiger partial charge in [0.1, 0.15) is 0 Å². The molecule has 22 heavy (non-hydrogen) atoms. The Morgan fingerprint density at radius 3 is 2.59 bits per heavy atom. The van der Waals surface area contributed by atoms with Crippen molar-refractivity contribution in [1.29, 1.82) is 0 Å². The standard InChI is InChI=1S/C18H18N2O2/c1-2-3-17(21)20-15-7-4-12(5-8-15)13-6-9-16-14(10-13)11-19-18(16)22/h4-10H,2-3,11H2,1H3,(H,19,22)(H,20,21). The van der Waals surface area contributed by atoms with Gasteiger partial charge in [-0.15, -0.1) is 0 Å². The van der Waals surface area contributed by atoms with Crippen LogP contribution in [-0.2, 0) is 11.3 Å². The lowest BCUT2D eigenvalue weighted by molar-refractivity contribution is -0.116. The van der Waals surface area contributed by atoms with Crippen LogP contribution in [0, 0.1) is 0 Å². The first-order chi connectivity index (χ1) is 10.7. The Morgan fingerprint density at radius 1 is 1.14 bits per heavy atom.